The average molecular weight is 296 g/mol. The van der Waals surface area contributed by atoms with Crippen molar-refractivity contribution in [1.29, 1.82) is 5.26 Å². The summed E-state index contributed by atoms with van der Waals surface area (Å²) in [5.41, 5.74) is 1.38. The molecule has 0 bridgehead atoms. The fourth-order valence-corrected chi connectivity index (χ4v) is 2.62. The van der Waals surface area contributed by atoms with E-state index in [9.17, 15) is 0 Å². The Bertz CT molecular complexity index is 725. The van der Waals surface area contributed by atoms with Crippen molar-refractivity contribution >= 4 is 5.82 Å². The van der Waals surface area contributed by atoms with E-state index in [4.69, 9.17) is 5.26 Å². The van der Waals surface area contributed by atoms with E-state index in [1.54, 1.807) is 0 Å². The molecule has 0 amide bonds. The maximum atomic E-state index is 9.07. The van der Waals surface area contributed by atoms with Crippen LogP contribution in [0.1, 0.15) is 49.1 Å². The number of nitrogens with zero attached hydrogens (tertiary/aromatic N) is 5. The molecule has 1 aliphatic heterocycles. The highest BCUT2D eigenvalue weighted by atomic mass is 15.4. The number of hydrogen-bond donors (Lipinski definition) is 1. The minimum Gasteiger partial charge on any atom is -0.365 e. The van der Waals surface area contributed by atoms with Crippen LogP contribution >= 0.6 is 0 Å². The molecule has 0 aromatic carbocycles. The third-order valence-electron chi connectivity index (χ3n) is 3.95. The van der Waals surface area contributed by atoms with Crippen LogP contribution in [0.2, 0.25) is 0 Å². The minimum atomic E-state index is 0.260. The molecule has 2 aromatic heterocycles. The lowest BCUT2D eigenvalue weighted by molar-refractivity contribution is 0.439. The van der Waals surface area contributed by atoms with Crippen LogP contribution in [-0.4, -0.2) is 25.8 Å². The summed E-state index contributed by atoms with van der Waals surface area (Å²) >= 11 is 0. The highest BCUT2D eigenvalue weighted by molar-refractivity contribution is 5.43. The summed E-state index contributed by atoms with van der Waals surface area (Å²) in [6, 6.07) is 6.23. The van der Waals surface area contributed by atoms with Gasteiger partial charge in [-0.05, 0) is 25.0 Å². The number of nitriles is 1. The van der Waals surface area contributed by atoms with Crippen molar-refractivity contribution in [2.45, 2.75) is 52.1 Å². The number of pyridine rings is 1. The van der Waals surface area contributed by atoms with E-state index in [-0.39, 0.29) is 6.04 Å². The molecule has 6 nitrogen and oxygen atoms in total. The molecule has 1 unspecified atom stereocenters. The Morgan fingerprint density at radius 1 is 1.36 bits per heavy atom. The van der Waals surface area contributed by atoms with E-state index >= 15 is 0 Å². The Morgan fingerprint density at radius 2 is 2.18 bits per heavy atom. The van der Waals surface area contributed by atoms with Gasteiger partial charge in [-0.2, -0.15) is 10.4 Å². The smallest absolute Gasteiger partial charge is 0.153 e. The number of aryl methyl sites for hydroxylation is 2. The van der Waals surface area contributed by atoms with Gasteiger partial charge < -0.3 is 5.32 Å². The van der Waals surface area contributed by atoms with Crippen LogP contribution in [-0.2, 0) is 13.0 Å². The van der Waals surface area contributed by atoms with E-state index < -0.39 is 0 Å². The van der Waals surface area contributed by atoms with Gasteiger partial charge in [-0.1, -0.05) is 19.9 Å². The molecule has 0 fully saturated rings. The van der Waals surface area contributed by atoms with Gasteiger partial charge in [-0.3, -0.25) is 0 Å². The molecule has 1 N–H and O–H groups in total. The molecule has 0 aliphatic carbocycles. The zero-order valence-electron chi connectivity index (χ0n) is 13.2. The van der Waals surface area contributed by atoms with Crippen molar-refractivity contribution in [3.63, 3.8) is 0 Å². The topological polar surface area (TPSA) is 79.4 Å². The normalized spacial score (nSPS) is 17.1. The zero-order chi connectivity index (χ0) is 15.7. The van der Waals surface area contributed by atoms with E-state index in [0.29, 0.717) is 11.6 Å². The van der Waals surface area contributed by atoms with E-state index in [1.807, 2.05) is 23.7 Å². The molecule has 0 spiro atoms. The van der Waals surface area contributed by atoms with Gasteiger partial charge in [0.15, 0.2) is 5.82 Å². The first-order chi connectivity index (χ1) is 10.6. The summed E-state index contributed by atoms with van der Waals surface area (Å²) in [7, 11) is 0. The van der Waals surface area contributed by atoms with Crippen LogP contribution in [0.25, 0.3) is 0 Å². The fraction of sp³-hybridized carbons (Fsp3) is 0.500. The second kappa shape index (κ2) is 5.76. The number of nitrogens with one attached hydrogen (secondary N) is 1. The van der Waals surface area contributed by atoms with Gasteiger partial charge in [-0.15, -0.1) is 0 Å². The largest absolute Gasteiger partial charge is 0.365 e. The quantitative estimate of drug-likeness (QED) is 0.940. The summed E-state index contributed by atoms with van der Waals surface area (Å²) in [5.74, 6) is 3.08. The number of rotatable bonds is 3. The molecule has 6 heteroatoms. The van der Waals surface area contributed by atoms with Crippen molar-refractivity contribution < 1.29 is 0 Å². The maximum absolute atomic E-state index is 9.07. The number of aromatic nitrogens is 4. The van der Waals surface area contributed by atoms with Crippen molar-refractivity contribution in [1.82, 2.24) is 19.7 Å². The van der Waals surface area contributed by atoms with Gasteiger partial charge >= 0.3 is 0 Å². The van der Waals surface area contributed by atoms with Gasteiger partial charge in [0.2, 0.25) is 0 Å². The van der Waals surface area contributed by atoms with Crippen LogP contribution in [0.3, 0.4) is 0 Å². The SMILES string of the molecule is Cc1ccc(NC2CCc3nc(C(C)C)nn3C2)nc1C#N. The van der Waals surface area contributed by atoms with Gasteiger partial charge in [0.25, 0.3) is 0 Å². The molecule has 3 rings (SSSR count). The Morgan fingerprint density at radius 3 is 2.91 bits per heavy atom. The van der Waals surface area contributed by atoms with E-state index in [0.717, 1.165) is 42.4 Å². The zero-order valence-corrected chi connectivity index (χ0v) is 13.2. The van der Waals surface area contributed by atoms with Crippen molar-refractivity contribution in [3.05, 3.63) is 35.0 Å². The third kappa shape index (κ3) is 2.80. The van der Waals surface area contributed by atoms with Gasteiger partial charge in [-0.25, -0.2) is 14.6 Å². The lowest BCUT2D eigenvalue weighted by Crippen LogP contribution is -2.32. The first-order valence-corrected chi connectivity index (χ1v) is 7.64. The molecule has 1 aliphatic rings. The van der Waals surface area contributed by atoms with Gasteiger partial charge in [0, 0.05) is 18.4 Å². The third-order valence-corrected chi connectivity index (χ3v) is 3.95. The molecule has 114 valence electrons. The summed E-state index contributed by atoms with van der Waals surface area (Å²) in [6.07, 6.45) is 1.90. The summed E-state index contributed by atoms with van der Waals surface area (Å²) in [4.78, 5) is 8.95. The van der Waals surface area contributed by atoms with Crippen LogP contribution in [0.15, 0.2) is 12.1 Å². The second-order valence-electron chi connectivity index (χ2n) is 6.08. The molecular weight excluding hydrogens is 276 g/mol. The Labute approximate surface area is 130 Å². The highest BCUT2D eigenvalue weighted by Crippen LogP contribution is 2.19. The molecule has 1 atom stereocenters. The standard InChI is InChI=1S/C16H20N6/c1-10(2)16-20-15-7-5-12(9-22(15)21-16)18-14-6-4-11(3)13(8-17)19-14/h4,6,10,12H,5,7,9H2,1-3H3,(H,18,19). The molecule has 0 radical (unpaired) electrons. The number of fused-ring (bicyclic) bond motifs is 1. The monoisotopic (exact) mass is 296 g/mol. The van der Waals surface area contributed by atoms with E-state index in [1.165, 1.54) is 0 Å². The van der Waals surface area contributed by atoms with Crippen LogP contribution in [0, 0.1) is 18.3 Å². The predicted octanol–water partition coefficient (Wildman–Crippen LogP) is 2.40. The molecule has 2 aromatic rings. The minimum absolute atomic E-state index is 0.260. The van der Waals surface area contributed by atoms with Gasteiger partial charge in [0.1, 0.15) is 23.4 Å². The second-order valence-corrected chi connectivity index (χ2v) is 6.08. The molecule has 0 saturated carbocycles. The molecular formula is C16H20N6. The summed E-state index contributed by atoms with van der Waals surface area (Å²) < 4.78 is 2.00. The first-order valence-electron chi connectivity index (χ1n) is 7.64. The average Bonchev–Trinajstić information content (AvgIpc) is 2.92. The Kier molecular flexibility index (Phi) is 3.80. The Hall–Kier alpha value is -2.42. The predicted molar refractivity (Wildman–Crippen MR) is 83.5 cm³/mol. The number of hydrogen-bond acceptors (Lipinski definition) is 5. The van der Waals surface area contributed by atoms with Crippen LogP contribution < -0.4 is 5.32 Å². The fourth-order valence-electron chi connectivity index (χ4n) is 2.62. The highest BCUT2D eigenvalue weighted by Gasteiger charge is 2.22. The lowest BCUT2D eigenvalue weighted by atomic mass is 10.1. The van der Waals surface area contributed by atoms with Gasteiger partial charge in [0.05, 0.1) is 6.54 Å². The molecule has 22 heavy (non-hydrogen) atoms. The van der Waals surface area contributed by atoms with Crippen LogP contribution in [0.5, 0.6) is 0 Å². The van der Waals surface area contributed by atoms with Crippen molar-refractivity contribution in [2.75, 3.05) is 5.32 Å². The summed E-state index contributed by atoms with van der Waals surface area (Å²) in [5, 5.41) is 17.1. The summed E-state index contributed by atoms with van der Waals surface area (Å²) in [6.45, 7) is 6.89. The maximum Gasteiger partial charge on any atom is 0.153 e. The van der Waals surface area contributed by atoms with Crippen molar-refractivity contribution in [2.24, 2.45) is 0 Å². The van der Waals surface area contributed by atoms with E-state index in [2.05, 4.69) is 40.3 Å². The Balaban J connectivity index is 1.74. The lowest BCUT2D eigenvalue weighted by Gasteiger charge is -2.24. The van der Waals surface area contributed by atoms with Crippen LogP contribution in [0.4, 0.5) is 5.82 Å². The number of anilines is 1. The first kappa shape index (κ1) is 14.5. The van der Waals surface area contributed by atoms with Crippen molar-refractivity contribution in [3.8, 4) is 6.07 Å². The molecule has 3 heterocycles. The molecule has 0 saturated heterocycles.